The molecule has 1 fully saturated rings. The molecule has 0 N–H and O–H groups in total. The molecule has 0 amide bonds. The van der Waals surface area contributed by atoms with Gasteiger partial charge in [0.05, 0.1) is 0 Å². The molecule has 0 bridgehead atoms. The number of rotatable bonds is 2. The molecule has 0 atom stereocenters. The van der Waals surface area contributed by atoms with Crippen molar-refractivity contribution in [2.75, 3.05) is 13.2 Å². The third-order valence-corrected chi connectivity index (χ3v) is 4.74. The molecule has 1 aliphatic rings. The van der Waals surface area contributed by atoms with Crippen molar-refractivity contribution in [2.45, 2.75) is 16.9 Å². The maximum absolute atomic E-state index is 12.5. The molecular formula is C11H11F3O2Te. The van der Waals surface area contributed by atoms with Gasteiger partial charge in [-0.3, -0.25) is 0 Å². The van der Waals surface area contributed by atoms with Crippen molar-refractivity contribution in [3.8, 4) is 0 Å². The average molecular weight is 360 g/mol. The van der Waals surface area contributed by atoms with E-state index < -0.39 is 30.9 Å². The first kappa shape index (κ1) is 13.2. The molecule has 1 aromatic rings. The SMILES string of the molecule is CC1(c2ccccc2[Te]C(F)(F)F)OCCO1. The molecule has 17 heavy (non-hydrogen) atoms. The third kappa shape index (κ3) is 3.14. The van der Waals surface area contributed by atoms with Crippen molar-refractivity contribution in [3.63, 3.8) is 0 Å². The minimum atomic E-state index is -4.10. The van der Waals surface area contributed by atoms with Crippen LogP contribution in [-0.4, -0.2) is 38.4 Å². The summed E-state index contributed by atoms with van der Waals surface area (Å²) in [6.45, 7) is 2.50. The monoisotopic (exact) mass is 362 g/mol. The second-order valence-corrected chi connectivity index (χ2v) is 6.85. The van der Waals surface area contributed by atoms with Gasteiger partial charge in [0.15, 0.2) is 0 Å². The van der Waals surface area contributed by atoms with Crippen LogP contribution in [0, 0.1) is 0 Å². The Kier molecular flexibility index (Phi) is 3.69. The van der Waals surface area contributed by atoms with Gasteiger partial charge in [-0.05, 0) is 0 Å². The molecule has 0 saturated carbocycles. The van der Waals surface area contributed by atoms with E-state index in [0.29, 0.717) is 22.4 Å². The molecule has 1 aromatic carbocycles. The summed E-state index contributed by atoms with van der Waals surface area (Å²) in [6, 6.07) is 6.49. The minimum absolute atomic E-state index is 0.329. The summed E-state index contributed by atoms with van der Waals surface area (Å²) in [4.78, 5) is 0. The van der Waals surface area contributed by atoms with E-state index in [0.717, 1.165) is 0 Å². The first-order valence-corrected chi connectivity index (χ1v) is 7.37. The summed E-state index contributed by atoms with van der Waals surface area (Å²) < 4.78 is 44.6. The predicted molar refractivity (Wildman–Crippen MR) is 57.1 cm³/mol. The number of hydrogen-bond acceptors (Lipinski definition) is 2. The molecule has 0 aromatic heterocycles. The van der Waals surface area contributed by atoms with Crippen molar-refractivity contribution in [2.24, 2.45) is 0 Å². The number of halogens is 3. The van der Waals surface area contributed by atoms with Crippen molar-refractivity contribution in [1.82, 2.24) is 0 Å². The summed E-state index contributed by atoms with van der Waals surface area (Å²) in [5.41, 5.74) is 0.511. The zero-order valence-corrected chi connectivity index (χ0v) is 11.4. The molecular weight excluding hydrogens is 349 g/mol. The normalized spacial score (nSPS) is 19.5. The molecule has 2 rings (SSSR count). The Bertz CT molecular complexity index is 400. The van der Waals surface area contributed by atoms with Crippen LogP contribution < -0.4 is 3.61 Å². The number of hydrogen-bond donors (Lipinski definition) is 0. The van der Waals surface area contributed by atoms with E-state index >= 15 is 0 Å². The molecule has 0 aliphatic carbocycles. The van der Waals surface area contributed by atoms with Gasteiger partial charge in [0.25, 0.3) is 0 Å². The molecule has 1 saturated heterocycles. The predicted octanol–water partition coefficient (Wildman–Crippen LogP) is 1.76. The first-order valence-electron chi connectivity index (χ1n) is 5.04. The van der Waals surface area contributed by atoms with Gasteiger partial charge in [0.1, 0.15) is 0 Å². The fraction of sp³-hybridized carbons (Fsp3) is 0.455. The Morgan fingerprint density at radius 3 is 2.35 bits per heavy atom. The van der Waals surface area contributed by atoms with Crippen LogP contribution in [0.15, 0.2) is 24.3 Å². The summed E-state index contributed by atoms with van der Waals surface area (Å²) >= 11 is -2.25. The number of alkyl halides is 3. The van der Waals surface area contributed by atoms with Crippen LogP contribution in [0.1, 0.15) is 12.5 Å². The molecule has 0 unspecified atom stereocenters. The van der Waals surface area contributed by atoms with Crippen LogP contribution in [-0.2, 0) is 15.3 Å². The van der Waals surface area contributed by atoms with Crippen molar-refractivity contribution in [3.05, 3.63) is 29.8 Å². The topological polar surface area (TPSA) is 18.5 Å². The second-order valence-electron chi connectivity index (χ2n) is 3.69. The molecule has 2 nitrogen and oxygen atoms in total. The van der Waals surface area contributed by atoms with Gasteiger partial charge in [-0.1, -0.05) is 0 Å². The van der Waals surface area contributed by atoms with Crippen LogP contribution in [0.5, 0.6) is 0 Å². The van der Waals surface area contributed by atoms with Crippen molar-refractivity contribution < 1.29 is 22.6 Å². The van der Waals surface area contributed by atoms with Crippen LogP contribution in [0.3, 0.4) is 0 Å². The van der Waals surface area contributed by atoms with Crippen molar-refractivity contribution >= 4 is 24.5 Å². The van der Waals surface area contributed by atoms with Crippen LogP contribution in [0.2, 0.25) is 0 Å². The Balaban J connectivity index is 2.33. The van der Waals surface area contributed by atoms with E-state index in [9.17, 15) is 13.2 Å². The Morgan fingerprint density at radius 1 is 1.18 bits per heavy atom. The van der Waals surface area contributed by atoms with Gasteiger partial charge in [0.2, 0.25) is 0 Å². The molecule has 0 radical (unpaired) electrons. The van der Waals surface area contributed by atoms with Gasteiger partial charge in [0, 0.05) is 0 Å². The fourth-order valence-corrected chi connectivity index (χ4v) is 3.89. The van der Waals surface area contributed by atoms with E-state index in [1.54, 1.807) is 25.1 Å². The second kappa shape index (κ2) is 4.77. The van der Waals surface area contributed by atoms with Gasteiger partial charge in [-0.15, -0.1) is 0 Å². The Hall–Kier alpha value is -0.280. The third-order valence-electron chi connectivity index (χ3n) is 2.44. The molecule has 0 spiro atoms. The number of ether oxygens (including phenoxy) is 2. The summed E-state index contributed by atoms with van der Waals surface area (Å²) in [6.07, 6.45) is 0. The van der Waals surface area contributed by atoms with Crippen LogP contribution in [0.25, 0.3) is 0 Å². The summed E-state index contributed by atoms with van der Waals surface area (Å²) in [7, 11) is 0. The number of benzene rings is 1. The van der Waals surface area contributed by atoms with Crippen LogP contribution in [0.4, 0.5) is 13.2 Å². The fourth-order valence-electron chi connectivity index (χ4n) is 1.73. The molecule has 1 heterocycles. The summed E-state index contributed by atoms with van der Waals surface area (Å²) in [5, 5.41) is 0. The Labute approximate surface area is 107 Å². The van der Waals surface area contributed by atoms with E-state index in [4.69, 9.17) is 9.47 Å². The maximum atomic E-state index is 12.5. The molecule has 1 aliphatic heterocycles. The standard InChI is InChI=1S/C11H11F3O2Te/c1-10(15-6-7-16-10)8-4-2-3-5-9(8)17-11(12,13)14/h2-5H,6-7H2,1H3. The zero-order valence-electron chi connectivity index (χ0n) is 9.08. The average Bonchev–Trinajstić information content (AvgIpc) is 2.64. The van der Waals surface area contributed by atoms with Gasteiger partial charge in [-0.25, -0.2) is 0 Å². The van der Waals surface area contributed by atoms with E-state index in [2.05, 4.69) is 0 Å². The Morgan fingerprint density at radius 2 is 1.76 bits per heavy atom. The van der Waals surface area contributed by atoms with E-state index in [1.165, 1.54) is 6.07 Å². The van der Waals surface area contributed by atoms with Gasteiger partial charge < -0.3 is 0 Å². The van der Waals surface area contributed by atoms with Gasteiger partial charge >= 0.3 is 107 Å². The summed E-state index contributed by atoms with van der Waals surface area (Å²) in [5.74, 6) is -1.02. The molecule has 6 heteroatoms. The van der Waals surface area contributed by atoms with Crippen molar-refractivity contribution in [1.29, 1.82) is 0 Å². The zero-order chi connectivity index (χ0) is 12.5. The van der Waals surface area contributed by atoms with Crippen LogP contribution >= 0.6 is 0 Å². The van der Waals surface area contributed by atoms with Gasteiger partial charge in [-0.2, -0.15) is 0 Å². The van der Waals surface area contributed by atoms with E-state index in [-0.39, 0.29) is 0 Å². The quantitative estimate of drug-likeness (QED) is 0.749. The van der Waals surface area contributed by atoms with E-state index in [1.807, 2.05) is 0 Å². The first-order chi connectivity index (χ1) is 7.91. The molecule has 94 valence electrons.